The van der Waals surface area contributed by atoms with E-state index in [-0.39, 0.29) is 6.04 Å². The summed E-state index contributed by atoms with van der Waals surface area (Å²) < 4.78 is 0. The summed E-state index contributed by atoms with van der Waals surface area (Å²) in [5, 5.41) is 9.42. The van der Waals surface area contributed by atoms with Crippen LogP contribution in [0, 0.1) is 0 Å². The molecule has 82 valence electrons. The Kier molecular flexibility index (Phi) is 3.11. The Bertz CT molecular complexity index is 327. The van der Waals surface area contributed by atoms with Crippen molar-refractivity contribution >= 4 is 5.69 Å². The molecule has 1 aromatic carbocycles. The maximum absolute atomic E-state index is 9.42. The van der Waals surface area contributed by atoms with Crippen molar-refractivity contribution in [3.63, 3.8) is 0 Å². The molecular weight excluding hydrogens is 188 g/mol. The van der Waals surface area contributed by atoms with E-state index in [1.807, 2.05) is 12.1 Å². The highest BCUT2D eigenvalue weighted by molar-refractivity contribution is 5.50. The van der Waals surface area contributed by atoms with Gasteiger partial charge in [0.2, 0.25) is 0 Å². The summed E-state index contributed by atoms with van der Waals surface area (Å²) in [5.74, 6) is 0.324. The first-order valence-electron chi connectivity index (χ1n) is 5.55. The first kappa shape index (κ1) is 10.3. The van der Waals surface area contributed by atoms with E-state index in [9.17, 15) is 5.11 Å². The molecule has 3 nitrogen and oxygen atoms in total. The van der Waals surface area contributed by atoms with Crippen LogP contribution in [-0.2, 0) is 0 Å². The Labute approximate surface area is 90.5 Å². The van der Waals surface area contributed by atoms with E-state index >= 15 is 0 Å². The summed E-state index contributed by atoms with van der Waals surface area (Å²) in [6.45, 7) is 1.93. The molecule has 15 heavy (non-hydrogen) atoms. The molecule has 0 spiro atoms. The standard InChI is InChI=1S/C12H18N2O/c13-10-4-1-2-7-14(9-10)11-5-3-6-12(15)8-11/h3,5-6,8,10,15H,1-2,4,7,9,13H2. The Morgan fingerprint density at radius 1 is 1.33 bits per heavy atom. The number of hydrogen-bond acceptors (Lipinski definition) is 3. The zero-order valence-corrected chi connectivity index (χ0v) is 8.89. The number of benzene rings is 1. The molecule has 1 saturated heterocycles. The molecule has 0 aliphatic carbocycles. The van der Waals surface area contributed by atoms with Gasteiger partial charge in [-0.15, -0.1) is 0 Å². The van der Waals surface area contributed by atoms with Crippen LogP contribution < -0.4 is 10.6 Å². The van der Waals surface area contributed by atoms with Gasteiger partial charge in [-0.2, -0.15) is 0 Å². The average Bonchev–Trinajstić information content (AvgIpc) is 2.43. The summed E-state index contributed by atoms with van der Waals surface area (Å²) in [4.78, 5) is 2.26. The third-order valence-corrected chi connectivity index (χ3v) is 2.90. The minimum absolute atomic E-state index is 0.259. The van der Waals surface area contributed by atoms with Crippen LogP contribution in [-0.4, -0.2) is 24.2 Å². The third kappa shape index (κ3) is 2.63. The molecule has 3 N–H and O–H groups in total. The Morgan fingerprint density at radius 3 is 3.00 bits per heavy atom. The molecule has 1 aliphatic rings. The van der Waals surface area contributed by atoms with Gasteiger partial charge in [0.25, 0.3) is 0 Å². The molecule has 0 saturated carbocycles. The van der Waals surface area contributed by atoms with E-state index < -0.39 is 0 Å². The normalized spacial score (nSPS) is 22.5. The summed E-state index contributed by atoms with van der Waals surface area (Å²) in [6, 6.07) is 7.66. The van der Waals surface area contributed by atoms with Crippen LogP contribution in [0.15, 0.2) is 24.3 Å². The third-order valence-electron chi connectivity index (χ3n) is 2.90. The van der Waals surface area contributed by atoms with Crippen LogP contribution in [0.25, 0.3) is 0 Å². The Balaban J connectivity index is 2.14. The molecule has 1 unspecified atom stereocenters. The molecule has 3 heteroatoms. The lowest BCUT2D eigenvalue weighted by Gasteiger charge is -2.24. The van der Waals surface area contributed by atoms with Gasteiger partial charge in [-0.05, 0) is 25.0 Å². The van der Waals surface area contributed by atoms with Gasteiger partial charge in [-0.1, -0.05) is 12.5 Å². The SMILES string of the molecule is NC1CCCCN(c2cccc(O)c2)C1. The summed E-state index contributed by atoms with van der Waals surface area (Å²) >= 11 is 0. The fourth-order valence-electron chi connectivity index (χ4n) is 2.10. The predicted molar refractivity (Wildman–Crippen MR) is 62.1 cm³/mol. The second-order valence-corrected chi connectivity index (χ2v) is 4.22. The molecule has 0 bridgehead atoms. The molecule has 1 fully saturated rings. The molecule has 1 aromatic rings. The van der Waals surface area contributed by atoms with Crippen molar-refractivity contribution < 1.29 is 5.11 Å². The molecular formula is C12H18N2O. The van der Waals surface area contributed by atoms with Gasteiger partial charge in [0, 0.05) is 30.9 Å². The minimum atomic E-state index is 0.259. The van der Waals surface area contributed by atoms with Gasteiger partial charge in [0.05, 0.1) is 0 Å². The van der Waals surface area contributed by atoms with Crippen molar-refractivity contribution in [1.29, 1.82) is 0 Å². The zero-order valence-electron chi connectivity index (χ0n) is 8.89. The van der Waals surface area contributed by atoms with Gasteiger partial charge in [0.15, 0.2) is 0 Å². The highest BCUT2D eigenvalue weighted by Crippen LogP contribution is 2.22. The molecule has 0 aromatic heterocycles. The van der Waals surface area contributed by atoms with E-state index in [2.05, 4.69) is 4.90 Å². The van der Waals surface area contributed by atoms with Crippen molar-refractivity contribution in [3.8, 4) is 5.75 Å². The fraction of sp³-hybridized carbons (Fsp3) is 0.500. The van der Waals surface area contributed by atoms with Crippen molar-refractivity contribution in [2.75, 3.05) is 18.0 Å². The maximum atomic E-state index is 9.42. The van der Waals surface area contributed by atoms with E-state index in [1.54, 1.807) is 12.1 Å². The number of nitrogens with two attached hydrogens (primary N) is 1. The molecule has 1 atom stereocenters. The van der Waals surface area contributed by atoms with Gasteiger partial charge >= 0.3 is 0 Å². The molecule has 1 aliphatic heterocycles. The topological polar surface area (TPSA) is 49.5 Å². The summed E-state index contributed by atoms with van der Waals surface area (Å²) in [7, 11) is 0. The maximum Gasteiger partial charge on any atom is 0.117 e. The van der Waals surface area contributed by atoms with Crippen molar-refractivity contribution in [1.82, 2.24) is 0 Å². The minimum Gasteiger partial charge on any atom is -0.508 e. The number of anilines is 1. The van der Waals surface area contributed by atoms with Crippen LogP contribution >= 0.6 is 0 Å². The second-order valence-electron chi connectivity index (χ2n) is 4.22. The van der Waals surface area contributed by atoms with Crippen LogP contribution in [0.4, 0.5) is 5.69 Å². The summed E-state index contributed by atoms with van der Waals surface area (Å²) in [6.07, 6.45) is 3.50. The Morgan fingerprint density at radius 2 is 2.20 bits per heavy atom. The largest absolute Gasteiger partial charge is 0.508 e. The lowest BCUT2D eigenvalue weighted by atomic mass is 10.1. The quantitative estimate of drug-likeness (QED) is 0.735. The first-order valence-corrected chi connectivity index (χ1v) is 5.55. The smallest absolute Gasteiger partial charge is 0.117 e. The van der Waals surface area contributed by atoms with Crippen LogP contribution in [0.1, 0.15) is 19.3 Å². The second kappa shape index (κ2) is 4.53. The molecule has 2 rings (SSSR count). The highest BCUT2D eigenvalue weighted by atomic mass is 16.3. The van der Waals surface area contributed by atoms with Gasteiger partial charge in [-0.25, -0.2) is 0 Å². The first-order chi connectivity index (χ1) is 7.25. The monoisotopic (exact) mass is 206 g/mol. The van der Waals surface area contributed by atoms with E-state index in [1.165, 1.54) is 12.8 Å². The number of nitrogens with zero attached hydrogens (tertiary/aromatic N) is 1. The van der Waals surface area contributed by atoms with E-state index in [4.69, 9.17) is 5.73 Å². The van der Waals surface area contributed by atoms with Crippen molar-refractivity contribution in [2.45, 2.75) is 25.3 Å². The fourth-order valence-corrected chi connectivity index (χ4v) is 2.10. The van der Waals surface area contributed by atoms with Crippen molar-refractivity contribution in [3.05, 3.63) is 24.3 Å². The number of phenols is 1. The lowest BCUT2D eigenvalue weighted by Crippen LogP contribution is -2.35. The van der Waals surface area contributed by atoms with Gasteiger partial charge in [-0.3, -0.25) is 0 Å². The van der Waals surface area contributed by atoms with E-state index in [0.717, 1.165) is 25.2 Å². The van der Waals surface area contributed by atoms with E-state index in [0.29, 0.717) is 5.75 Å². The number of phenolic OH excluding ortho intramolecular Hbond substituents is 1. The van der Waals surface area contributed by atoms with Crippen LogP contribution in [0.5, 0.6) is 5.75 Å². The van der Waals surface area contributed by atoms with Crippen LogP contribution in [0.3, 0.4) is 0 Å². The summed E-state index contributed by atoms with van der Waals surface area (Å²) in [5.41, 5.74) is 7.07. The number of hydrogen-bond donors (Lipinski definition) is 2. The predicted octanol–water partition coefficient (Wildman–Crippen LogP) is 1.71. The number of aromatic hydroxyl groups is 1. The van der Waals surface area contributed by atoms with Crippen LogP contribution in [0.2, 0.25) is 0 Å². The average molecular weight is 206 g/mol. The van der Waals surface area contributed by atoms with Gasteiger partial charge < -0.3 is 15.7 Å². The number of rotatable bonds is 1. The van der Waals surface area contributed by atoms with Gasteiger partial charge in [0.1, 0.15) is 5.75 Å². The molecule has 1 heterocycles. The lowest BCUT2D eigenvalue weighted by molar-refractivity contribution is 0.475. The zero-order chi connectivity index (χ0) is 10.7. The highest BCUT2D eigenvalue weighted by Gasteiger charge is 2.15. The Hall–Kier alpha value is -1.22. The van der Waals surface area contributed by atoms with Crippen molar-refractivity contribution in [2.24, 2.45) is 5.73 Å². The molecule has 0 radical (unpaired) electrons. The molecule has 0 amide bonds.